The van der Waals surface area contributed by atoms with Gasteiger partial charge in [-0.25, -0.2) is 0 Å². The average molecular weight is 347 g/mol. The number of rotatable bonds is 8. The number of ether oxygens (including phenoxy) is 1. The second kappa shape index (κ2) is 8.13. The summed E-state index contributed by atoms with van der Waals surface area (Å²) in [5.74, 6) is 1.88. The number of fused-ring (bicyclic) bond motifs is 1. The number of hydrogen-bond acceptors (Lipinski definition) is 2. The van der Waals surface area contributed by atoms with E-state index in [1.165, 1.54) is 30.4 Å². The zero-order valence-corrected chi connectivity index (χ0v) is 13.5. The lowest BCUT2D eigenvalue weighted by Crippen LogP contribution is -2.15. The van der Waals surface area contributed by atoms with Crippen LogP contribution in [0.3, 0.4) is 0 Å². The van der Waals surface area contributed by atoms with Crippen molar-refractivity contribution in [2.45, 2.75) is 38.6 Å². The van der Waals surface area contributed by atoms with Crippen LogP contribution in [0.25, 0.3) is 0 Å². The molecule has 0 saturated heterocycles. The van der Waals surface area contributed by atoms with Crippen LogP contribution in [0, 0.1) is 0 Å². The van der Waals surface area contributed by atoms with Crippen molar-refractivity contribution in [2.75, 3.05) is 19.0 Å². The Kier molecular flexibility index (Phi) is 6.48. The first kappa shape index (κ1) is 15.1. The smallest absolute Gasteiger partial charge is 0.127 e. The molecule has 1 N–H and O–H groups in total. The minimum Gasteiger partial charge on any atom is -0.493 e. The highest BCUT2D eigenvalue weighted by Crippen LogP contribution is 2.32. The maximum atomic E-state index is 5.72. The third-order valence-corrected chi connectivity index (χ3v) is 4.10. The van der Waals surface area contributed by atoms with E-state index in [0.29, 0.717) is 0 Å². The maximum absolute atomic E-state index is 5.72. The molecule has 0 fully saturated rings. The molecule has 106 valence electrons. The average Bonchev–Trinajstić information content (AvgIpc) is 2.85. The summed E-state index contributed by atoms with van der Waals surface area (Å²) in [7, 11) is 0. The molecule has 2 nitrogen and oxygen atoms in total. The van der Waals surface area contributed by atoms with Gasteiger partial charge in [0.1, 0.15) is 5.75 Å². The van der Waals surface area contributed by atoms with Crippen molar-refractivity contribution in [2.24, 2.45) is 0 Å². The molecule has 0 amide bonds. The van der Waals surface area contributed by atoms with Crippen LogP contribution >= 0.6 is 27.5 Å². The number of unbranched alkanes of at least 4 members (excludes halogenated alkanes) is 3. The first-order valence-corrected chi connectivity index (χ1v) is 8.35. The van der Waals surface area contributed by atoms with E-state index in [2.05, 4.69) is 33.4 Å². The molecule has 1 aliphatic heterocycles. The minimum atomic E-state index is 0.787. The molecule has 2 rings (SSSR count). The van der Waals surface area contributed by atoms with Crippen LogP contribution in [0.2, 0.25) is 0 Å². The third-order valence-electron chi connectivity index (χ3n) is 3.38. The molecule has 1 aliphatic rings. The molecule has 4 heteroatoms. The molecule has 0 saturated carbocycles. The Morgan fingerprint density at radius 3 is 2.89 bits per heavy atom. The monoisotopic (exact) mass is 345 g/mol. The molecule has 0 radical (unpaired) electrons. The summed E-state index contributed by atoms with van der Waals surface area (Å²) in [6.07, 6.45) is 5.87. The Balaban J connectivity index is 1.74. The lowest BCUT2D eigenvalue weighted by atomic mass is 10.1. The lowest BCUT2D eigenvalue weighted by Gasteiger charge is -2.10. The fraction of sp³-hybridized carbons (Fsp3) is 0.600. The highest BCUT2D eigenvalue weighted by Gasteiger charge is 2.16. The summed E-state index contributed by atoms with van der Waals surface area (Å²) in [6, 6.07) is 4.32. The molecule has 0 unspecified atom stereocenters. The molecule has 1 aromatic rings. The van der Waals surface area contributed by atoms with Gasteiger partial charge in [0.25, 0.3) is 0 Å². The molecule has 1 heterocycles. The molecule has 0 aliphatic carbocycles. The largest absolute Gasteiger partial charge is 0.493 e. The highest BCUT2D eigenvalue weighted by molar-refractivity contribution is 9.10. The van der Waals surface area contributed by atoms with Gasteiger partial charge in [0.2, 0.25) is 0 Å². The van der Waals surface area contributed by atoms with Gasteiger partial charge in [-0.1, -0.05) is 28.8 Å². The Labute approximate surface area is 129 Å². The van der Waals surface area contributed by atoms with E-state index in [0.717, 1.165) is 48.6 Å². The Morgan fingerprint density at radius 2 is 2.05 bits per heavy atom. The Morgan fingerprint density at radius 1 is 1.21 bits per heavy atom. The minimum absolute atomic E-state index is 0.787. The normalized spacial score (nSPS) is 13.4. The van der Waals surface area contributed by atoms with Crippen molar-refractivity contribution in [3.8, 4) is 5.75 Å². The van der Waals surface area contributed by atoms with Gasteiger partial charge in [-0.3, -0.25) is 0 Å². The Hall–Kier alpha value is -0.250. The first-order chi connectivity index (χ1) is 9.31. The summed E-state index contributed by atoms with van der Waals surface area (Å²) in [5.41, 5.74) is 2.59. The van der Waals surface area contributed by atoms with Gasteiger partial charge >= 0.3 is 0 Å². The van der Waals surface area contributed by atoms with Crippen molar-refractivity contribution < 1.29 is 4.74 Å². The van der Waals surface area contributed by atoms with Crippen LogP contribution < -0.4 is 10.1 Å². The Bertz CT molecular complexity index is 411. The number of alkyl halides is 1. The summed E-state index contributed by atoms with van der Waals surface area (Å²) in [4.78, 5) is 0. The van der Waals surface area contributed by atoms with Crippen LogP contribution in [-0.4, -0.2) is 19.0 Å². The van der Waals surface area contributed by atoms with Crippen molar-refractivity contribution >= 4 is 27.5 Å². The molecule has 0 spiro atoms. The number of nitrogens with one attached hydrogen (secondary N) is 1. The van der Waals surface area contributed by atoms with Gasteiger partial charge in [-0.2, -0.15) is 0 Å². The van der Waals surface area contributed by atoms with Crippen molar-refractivity contribution in [3.63, 3.8) is 0 Å². The van der Waals surface area contributed by atoms with Gasteiger partial charge in [-0.05, 0) is 37.1 Å². The predicted octanol–water partition coefficient (Wildman–Crippen LogP) is 4.27. The molecule has 0 atom stereocenters. The zero-order valence-electron chi connectivity index (χ0n) is 11.2. The van der Waals surface area contributed by atoms with E-state index < -0.39 is 0 Å². The van der Waals surface area contributed by atoms with E-state index in [1.807, 2.05) is 0 Å². The van der Waals surface area contributed by atoms with E-state index in [-0.39, 0.29) is 0 Å². The third kappa shape index (κ3) is 4.66. The number of hydrogen-bond donors (Lipinski definition) is 1. The van der Waals surface area contributed by atoms with E-state index in [9.17, 15) is 0 Å². The van der Waals surface area contributed by atoms with Gasteiger partial charge in [0, 0.05) is 28.9 Å². The van der Waals surface area contributed by atoms with Crippen LogP contribution in [-0.2, 0) is 13.0 Å². The van der Waals surface area contributed by atoms with Gasteiger partial charge in [-0.15, -0.1) is 11.6 Å². The molecule has 0 bridgehead atoms. The summed E-state index contributed by atoms with van der Waals surface area (Å²) in [5, 5.41) is 3.50. The number of benzene rings is 1. The predicted molar refractivity (Wildman–Crippen MR) is 84.2 cm³/mol. The van der Waals surface area contributed by atoms with Gasteiger partial charge in [0.15, 0.2) is 0 Å². The highest BCUT2D eigenvalue weighted by atomic mass is 79.9. The topological polar surface area (TPSA) is 21.3 Å². The number of halogens is 2. The van der Waals surface area contributed by atoms with Crippen molar-refractivity contribution in [1.82, 2.24) is 5.32 Å². The quantitative estimate of drug-likeness (QED) is 0.560. The SMILES string of the molecule is ClCCCCCCNCc1cc(Br)cc2c1OCC2. The van der Waals surface area contributed by atoms with E-state index in [4.69, 9.17) is 16.3 Å². The summed E-state index contributed by atoms with van der Waals surface area (Å²) < 4.78 is 6.87. The summed E-state index contributed by atoms with van der Waals surface area (Å²) in [6.45, 7) is 2.76. The van der Waals surface area contributed by atoms with E-state index in [1.54, 1.807) is 0 Å². The second-order valence-electron chi connectivity index (χ2n) is 4.93. The van der Waals surface area contributed by atoms with Crippen LogP contribution in [0.5, 0.6) is 5.75 Å². The zero-order chi connectivity index (χ0) is 13.5. The van der Waals surface area contributed by atoms with Crippen molar-refractivity contribution in [3.05, 3.63) is 27.7 Å². The van der Waals surface area contributed by atoms with Crippen LogP contribution in [0.4, 0.5) is 0 Å². The molecule has 0 aromatic heterocycles. The lowest BCUT2D eigenvalue weighted by molar-refractivity contribution is 0.352. The van der Waals surface area contributed by atoms with Crippen LogP contribution in [0.1, 0.15) is 36.8 Å². The van der Waals surface area contributed by atoms with E-state index >= 15 is 0 Å². The molecule has 19 heavy (non-hydrogen) atoms. The standard InChI is InChI=1S/C15H21BrClNO/c16-14-9-12-5-8-19-15(12)13(10-14)11-18-7-4-2-1-3-6-17/h9-10,18H,1-8,11H2. The van der Waals surface area contributed by atoms with Crippen LogP contribution in [0.15, 0.2) is 16.6 Å². The second-order valence-corrected chi connectivity index (χ2v) is 6.23. The van der Waals surface area contributed by atoms with Gasteiger partial charge < -0.3 is 10.1 Å². The fourth-order valence-electron chi connectivity index (χ4n) is 2.40. The molecular weight excluding hydrogens is 326 g/mol. The fourth-order valence-corrected chi connectivity index (χ4v) is 3.14. The first-order valence-electron chi connectivity index (χ1n) is 7.02. The molecular formula is C15H21BrClNO. The van der Waals surface area contributed by atoms with Gasteiger partial charge in [0.05, 0.1) is 6.61 Å². The maximum Gasteiger partial charge on any atom is 0.127 e. The summed E-state index contributed by atoms with van der Waals surface area (Å²) >= 11 is 9.23. The van der Waals surface area contributed by atoms with Crippen molar-refractivity contribution in [1.29, 1.82) is 0 Å². The molecule has 1 aromatic carbocycles.